The zero-order valence-corrected chi connectivity index (χ0v) is 15.6. The summed E-state index contributed by atoms with van der Waals surface area (Å²) >= 11 is 0. The SMILES string of the molecule is CCC(N)Cc1cc(C)c(OCC2CC2)c(C(C)(C)C)c1.Cl. The van der Waals surface area contributed by atoms with Crippen molar-refractivity contribution in [3.05, 3.63) is 28.8 Å². The number of halogens is 1. The van der Waals surface area contributed by atoms with Crippen molar-refractivity contribution >= 4 is 12.4 Å². The number of aryl methyl sites for hydroxylation is 1. The fourth-order valence-electron chi connectivity index (χ4n) is 2.65. The maximum atomic E-state index is 6.17. The number of benzene rings is 1. The summed E-state index contributed by atoms with van der Waals surface area (Å²) in [4.78, 5) is 0. The standard InChI is InChI=1S/C19H31NO.ClH/c1-6-16(20)10-15-9-13(2)18(21-12-14-7-8-14)17(11-15)19(3,4)5;/h9,11,14,16H,6-8,10,12,20H2,1-5H3;1H. The molecule has 2 N–H and O–H groups in total. The molecule has 1 atom stereocenters. The van der Waals surface area contributed by atoms with Crippen LogP contribution in [0.15, 0.2) is 12.1 Å². The Morgan fingerprint density at radius 1 is 1.27 bits per heavy atom. The molecule has 0 radical (unpaired) electrons. The highest BCUT2D eigenvalue weighted by Gasteiger charge is 2.26. The number of rotatable bonds is 6. The van der Waals surface area contributed by atoms with E-state index >= 15 is 0 Å². The van der Waals surface area contributed by atoms with Crippen LogP contribution in [0.3, 0.4) is 0 Å². The first kappa shape index (κ1) is 19.3. The summed E-state index contributed by atoms with van der Waals surface area (Å²) in [5, 5.41) is 0. The monoisotopic (exact) mass is 325 g/mol. The fraction of sp³-hybridized carbons (Fsp3) is 0.684. The second kappa shape index (κ2) is 7.70. The quantitative estimate of drug-likeness (QED) is 0.816. The van der Waals surface area contributed by atoms with Crippen LogP contribution < -0.4 is 10.5 Å². The minimum absolute atomic E-state index is 0. The maximum Gasteiger partial charge on any atom is 0.125 e. The van der Waals surface area contributed by atoms with E-state index in [1.54, 1.807) is 0 Å². The molecule has 0 aromatic heterocycles. The predicted molar refractivity (Wildman–Crippen MR) is 97.3 cm³/mol. The Kier molecular flexibility index (Phi) is 6.76. The van der Waals surface area contributed by atoms with E-state index in [0.29, 0.717) is 0 Å². The lowest BCUT2D eigenvalue weighted by Crippen LogP contribution is -2.22. The van der Waals surface area contributed by atoms with E-state index in [1.807, 2.05) is 0 Å². The van der Waals surface area contributed by atoms with Crippen molar-refractivity contribution in [3.63, 3.8) is 0 Å². The number of ether oxygens (including phenoxy) is 1. The predicted octanol–water partition coefficient (Wildman–Crippen LogP) is 4.78. The van der Waals surface area contributed by atoms with Gasteiger partial charge in [-0.05, 0) is 55.1 Å². The highest BCUT2D eigenvalue weighted by molar-refractivity contribution is 5.85. The van der Waals surface area contributed by atoms with Gasteiger partial charge in [-0.1, -0.05) is 39.8 Å². The van der Waals surface area contributed by atoms with Gasteiger partial charge in [0.2, 0.25) is 0 Å². The van der Waals surface area contributed by atoms with E-state index in [2.05, 4.69) is 46.8 Å². The molecule has 0 amide bonds. The van der Waals surface area contributed by atoms with Crippen LogP contribution in [0.1, 0.15) is 63.6 Å². The maximum absolute atomic E-state index is 6.17. The molecule has 1 aromatic rings. The topological polar surface area (TPSA) is 35.2 Å². The van der Waals surface area contributed by atoms with E-state index < -0.39 is 0 Å². The Morgan fingerprint density at radius 3 is 2.41 bits per heavy atom. The molecule has 126 valence electrons. The van der Waals surface area contributed by atoms with Gasteiger partial charge in [-0.15, -0.1) is 12.4 Å². The normalized spacial score (nSPS) is 16.1. The van der Waals surface area contributed by atoms with Crippen molar-refractivity contribution in [1.82, 2.24) is 0 Å². The number of hydrogen-bond acceptors (Lipinski definition) is 2. The molecule has 1 fully saturated rings. The molecule has 1 aromatic carbocycles. The molecule has 0 aliphatic heterocycles. The molecule has 0 heterocycles. The first-order valence-electron chi connectivity index (χ1n) is 8.33. The van der Waals surface area contributed by atoms with Crippen LogP contribution in [0.25, 0.3) is 0 Å². The van der Waals surface area contributed by atoms with E-state index in [1.165, 1.54) is 29.5 Å². The smallest absolute Gasteiger partial charge is 0.125 e. The van der Waals surface area contributed by atoms with Crippen LogP contribution in [-0.2, 0) is 11.8 Å². The third-order valence-corrected chi connectivity index (χ3v) is 4.32. The summed E-state index contributed by atoms with van der Waals surface area (Å²) in [6, 6.07) is 4.81. The van der Waals surface area contributed by atoms with Crippen molar-refractivity contribution in [2.45, 2.75) is 71.8 Å². The molecular formula is C19H32ClNO. The average Bonchev–Trinajstić information content (AvgIpc) is 3.19. The third kappa shape index (κ3) is 5.17. The van der Waals surface area contributed by atoms with Crippen molar-refractivity contribution in [2.24, 2.45) is 11.7 Å². The van der Waals surface area contributed by atoms with E-state index in [-0.39, 0.29) is 23.9 Å². The molecule has 3 heteroatoms. The Hall–Kier alpha value is -0.730. The third-order valence-electron chi connectivity index (χ3n) is 4.32. The van der Waals surface area contributed by atoms with Crippen LogP contribution in [0, 0.1) is 12.8 Å². The van der Waals surface area contributed by atoms with Crippen LogP contribution >= 0.6 is 12.4 Å². The first-order valence-corrected chi connectivity index (χ1v) is 8.33. The molecule has 1 saturated carbocycles. The highest BCUT2D eigenvalue weighted by atomic mass is 35.5. The summed E-state index contributed by atoms with van der Waals surface area (Å²) in [5.41, 5.74) is 10.1. The molecule has 1 unspecified atom stereocenters. The van der Waals surface area contributed by atoms with Gasteiger partial charge in [0.15, 0.2) is 0 Å². The van der Waals surface area contributed by atoms with Crippen LogP contribution in [0.5, 0.6) is 5.75 Å². The van der Waals surface area contributed by atoms with Gasteiger partial charge in [0.1, 0.15) is 5.75 Å². The molecule has 22 heavy (non-hydrogen) atoms. The second-order valence-electron chi connectivity index (χ2n) is 7.67. The van der Waals surface area contributed by atoms with Gasteiger partial charge in [-0.3, -0.25) is 0 Å². The first-order chi connectivity index (χ1) is 9.81. The van der Waals surface area contributed by atoms with Crippen molar-refractivity contribution < 1.29 is 4.74 Å². The summed E-state index contributed by atoms with van der Waals surface area (Å²) < 4.78 is 6.17. The van der Waals surface area contributed by atoms with E-state index in [0.717, 1.165) is 31.1 Å². The summed E-state index contributed by atoms with van der Waals surface area (Å²) in [6.07, 6.45) is 4.62. The van der Waals surface area contributed by atoms with Crippen LogP contribution in [0.4, 0.5) is 0 Å². The zero-order chi connectivity index (χ0) is 15.6. The molecular weight excluding hydrogens is 294 g/mol. The van der Waals surface area contributed by atoms with Gasteiger partial charge in [-0.2, -0.15) is 0 Å². The fourth-order valence-corrected chi connectivity index (χ4v) is 2.65. The molecule has 1 aliphatic rings. The minimum atomic E-state index is 0. The molecule has 0 saturated heterocycles. The number of nitrogens with two attached hydrogens (primary N) is 1. The zero-order valence-electron chi connectivity index (χ0n) is 14.7. The molecule has 0 spiro atoms. The lowest BCUT2D eigenvalue weighted by atomic mass is 9.83. The largest absolute Gasteiger partial charge is 0.493 e. The van der Waals surface area contributed by atoms with E-state index in [9.17, 15) is 0 Å². The molecule has 0 bridgehead atoms. The summed E-state index contributed by atoms with van der Waals surface area (Å²) in [6.45, 7) is 12.0. The van der Waals surface area contributed by atoms with Crippen LogP contribution in [0.2, 0.25) is 0 Å². The Bertz CT molecular complexity index is 489. The lowest BCUT2D eigenvalue weighted by Gasteiger charge is -2.26. The van der Waals surface area contributed by atoms with Gasteiger partial charge >= 0.3 is 0 Å². The van der Waals surface area contributed by atoms with Gasteiger partial charge in [0.05, 0.1) is 6.61 Å². The number of hydrogen-bond donors (Lipinski definition) is 1. The van der Waals surface area contributed by atoms with Crippen molar-refractivity contribution in [3.8, 4) is 5.75 Å². The highest BCUT2D eigenvalue weighted by Crippen LogP contribution is 2.37. The lowest BCUT2D eigenvalue weighted by molar-refractivity contribution is 0.290. The summed E-state index contributed by atoms with van der Waals surface area (Å²) in [7, 11) is 0. The van der Waals surface area contributed by atoms with Gasteiger partial charge in [-0.25, -0.2) is 0 Å². The Balaban J connectivity index is 0.00000242. The minimum Gasteiger partial charge on any atom is -0.493 e. The Morgan fingerprint density at radius 2 is 1.91 bits per heavy atom. The van der Waals surface area contributed by atoms with Gasteiger partial charge < -0.3 is 10.5 Å². The van der Waals surface area contributed by atoms with Gasteiger partial charge in [0.25, 0.3) is 0 Å². The Labute approximate surface area is 142 Å². The van der Waals surface area contributed by atoms with Crippen molar-refractivity contribution in [2.75, 3.05) is 6.61 Å². The molecule has 2 nitrogen and oxygen atoms in total. The van der Waals surface area contributed by atoms with Crippen LogP contribution in [-0.4, -0.2) is 12.6 Å². The van der Waals surface area contributed by atoms with E-state index in [4.69, 9.17) is 10.5 Å². The average molecular weight is 326 g/mol. The second-order valence-corrected chi connectivity index (χ2v) is 7.67. The molecule has 1 aliphatic carbocycles. The molecule has 2 rings (SSSR count). The van der Waals surface area contributed by atoms with Gasteiger partial charge in [0, 0.05) is 11.6 Å². The summed E-state index contributed by atoms with van der Waals surface area (Å²) in [5.74, 6) is 1.88. The van der Waals surface area contributed by atoms with Crippen molar-refractivity contribution in [1.29, 1.82) is 0 Å².